The molecule has 0 unspecified atom stereocenters. The third-order valence-electron chi connectivity index (χ3n) is 3.89. The highest BCUT2D eigenvalue weighted by atomic mass is 15.1. The fraction of sp³-hybridized carbons (Fsp3) is 0.118. The maximum atomic E-state index is 5.86. The molecule has 2 N–H and O–H groups in total. The maximum Gasteiger partial charge on any atom is 0.0703 e. The first-order valence-corrected chi connectivity index (χ1v) is 6.77. The van der Waals surface area contributed by atoms with Gasteiger partial charge in [-0.05, 0) is 35.4 Å². The summed E-state index contributed by atoms with van der Waals surface area (Å²) < 4.78 is 0. The zero-order valence-corrected chi connectivity index (χ0v) is 11.1. The largest absolute Gasteiger partial charge is 0.399 e. The van der Waals surface area contributed by atoms with Gasteiger partial charge in [-0.1, -0.05) is 24.3 Å². The normalized spacial score (nSPS) is 13.7. The number of nitrogens with two attached hydrogens (primary N) is 1. The molecule has 0 aliphatic carbocycles. The summed E-state index contributed by atoms with van der Waals surface area (Å²) in [7, 11) is 0. The first-order chi connectivity index (χ1) is 9.79. The van der Waals surface area contributed by atoms with Gasteiger partial charge in [-0.2, -0.15) is 0 Å². The Kier molecular flexibility index (Phi) is 2.39. The van der Waals surface area contributed by atoms with Gasteiger partial charge < -0.3 is 10.6 Å². The van der Waals surface area contributed by atoms with Crippen LogP contribution in [0.5, 0.6) is 0 Å². The number of aromatic nitrogens is 1. The number of nitrogens with zero attached hydrogens (tertiary/aromatic N) is 2. The number of para-hydroxylation sites is 1. The fourth-order valence-electron chi connectivity index (χ4n) is 2.83. The smallest absolute Gasteiger partial charge is 0.0703 e. The SMILES string of the molecule is Nc1ccc2c(c1)CN(c1cnc3ccccc3c1)C2. The van der Waals surface area contributed by atoms with Crippen molar-refractivity contribution in [1.29, 1.82) is 0 Å². The Labute approximate surface area is 117 Å². The number of anilines is 2. The third-order valence-corrected chi connectivity index (χ3v) is 3.89. The van der Waals surface area contributed by atoms with Crippen LogP contribution in [-0.4, -0.2) is 4.98 Å². The quantitative estimate of drug-likeness (QED) is 0.683. The highest BCUT2D eigenvalue weighted by Gasteiger charge is 2.19. The molecule has 2 heterocycles. The van der Waals surface area contributed by atoms with E-state index in [-0.39, 0.29) is 0 Å². The molecule has 0 amide bonds. The van der Waals surface area contributed by atoms with E-state index in [4.69, 9.17) is 5.73 Å². The van der Waals surface area contributed by atoms with Gasteiger partial charge in [0.2, 0.25) is 0 Å². The van der Waals surface area contributed by atoms with E-state index in [2.05, 4.69) is 34.1 Å². The molecule has 0 saturated heterocycles. The van der Waals surface area contributed by atoms with Crippen molar-refractivity contribution in [3.05, 3.63) is 65.9 Å². The number of hydrogen-bond donors (Lipinski definition) is 1. The minimum absolute atomic E-state index is 0.835. The van der Waals surface area contributed by atoms with Crippen molar-refractivity contribution in [2.45, 2.75) is 13.1 Å². The van der Waals surface area contributed by atoms with Crippen LogP contribution >= 0.6 is 0 Å². The summed E-state index contributed by atoms with van der Waals surface area (Å²) in [5, 5.41) is 1.18. The molecule has 0 spiro atoms. The third kappa shape index (κ3) is 1.79. The summed E-state index contributed by atoms with van der Waals surface area (Å²) in [5.74, 6) is 0. The molecule has 0 fully saturated rings. The van der Waals surface area contributed by atoms with Crippen molar-refractivity contribution >= 4 is 22.3 Å². The van der Waals surface area contributed by atoms with Crippen molar-refractivity contribution in [3.63, 3.8) is 0 Å². The molecule has 0 bridgehead atoms. The van der Waals surface area contributed by atoms with E-state index in [1.807, 2.05) is 30.5 Å². The van der Waals surface area contributed by atoms with E-state index < -0.39 is 0 Å². The van der Waals surface area contributed by atoms with Gasteiger partial charge in [-0.15, -0.1) is 0 Å². The lowest BCUT2D eigenvalue weighted by atomic mass is 10.1. The Morgan fingerprint density at radius 3 is 2.75 bits per heavy atom. The molecule has 0 atom stereocenters. The van der Waals surface area contributed by atoms with Crippen molar-refractivity contribution in [2.24, 2.45) is 0 Å². The van der Waals surface area contributed by atoms with Gasteiger partial charge in [-0.25, -0.2) is 0 Å². The molecule has 4 rings (SSSR count). The van der Waals surface area contributed by atoms with Crippen LogP contribution in [-0.2, 0) is 13.1 Å². The van der Waals surface area contributed by atoms with E-state index >= 15 is 0 Å². The summed E-state index contributed by atoms with van der Waals surface area (Å²) in [4.78, 5) is 6.88. The van der Waals surface area contributed by atoms with Crippen molar-refractivity contribution < 1.29 is 0 Å². The Bertz CT molecular complexity index is 795. The Morgan fingerprint density at radius 2 is 1.80 bits per heavy atom. The zero-order valence-electron chi connectivity index (χ0n) is 11.1. The zero-order chi connectivity index (χ0) is 13.5. The first kappa shape index (κ1) is 11.3. The second-order valence-electron chi connectivity index (χ2n) is 5.27. The lowest BCUT2D eigenvalue weighted by molar-refractivity contribution is 0.878. The first-order valence-electron chi connectivity index (χ1n) is 6.77. The molecule has 1 aliphatic rings. The van der Waals surface area contributed by atoms with Gasteiger partial charge in [-0.3, -0.25) is 4.98 Å². The lowest BCUT2D eigenvalue weighted by Crippen LogP contribution is -2.14. The summed E-state index contributed by atoms with van der Waals surface area (Å²) in [5.41, 5.74) is 11.6. The van der Waals surface area contributed by atoms with E-state index in [9.17, 15) is 0 Å². The molecule has 3 heteroatoms. The molecule has 0 radical (unpaired) electrons. The summed E-state index contributed by atoms with van der Waals surface area (Å²) in [6, 6.07) is 16.6. The van der Waals surface area contributed by atoms with Gasteiger partial charge in [0.1, 0.15) is 0 Å². The average Bonchev–Trinajstić information content (AvgIpc) is 2.89. The van der Waals surface area contributed by atoms with Crippen LogP contribution in [0.3, 0.4) is 0 Å². The average molecular weight is 261 g/mol. The molecule has 1 aromatic heterocycles. The lowest BCUT2D eigenvalue weighted by Gasteiger charge is -2.17. The Balaban J connectivity index is 1.71. The van der Waals surface area contributed by atoms with Crippen LogP contribution in [0.25, 0.3) is 10.9 Å². The summed E-state index contributed by atoms with van der Waals surface area (Å²) in [6.07, 6.45) is 1.96. The summed E-state index contributed by atoms with van der Waals surface area (Å²) in [6.45, 7) is 1.83. The topological polar surface area (TPSA) is 42.1 Å². The van der Waals surface area contributed by atoms with Crippen LogP contribution in [0.15, 0.2) is 54.7 Å². The second kappa shape index (κ2) is 4.23. The van der Waals surface area contributed by atoms with Gasteiger partial charge in [0.05, 0.1) is 17.4 Å². The molecule has 20 heavy (non-hydrogen) atoms. The predicted molar refractivity (Wildman–Crippen MR) is 82.5 cm³/mol. The molecule has 98 valence electrons. The fourth-order valence-corrected chi connectivity index (χ4v) is 2.83. The monoisotopic (exact) mass is 261 g/mol. The van der Waals surface area contributed by atoms with Crippen LogP contribution in [0.2, 0.25) is 0 Å². The Hall–Kier alpha value is -2.55. The van der Waals surface area contributed by atoms with Gasteiger partial charge in [0.15, 0.2) is 0 Å². The van der Waals surface area contributed by atoms with E-state index in [0.29, 0.717) is 0 Å². The molecule has 3 aromatic rings. The highest BCUT2D eigenvalue weighted by Crippen LogP contribution is 2.30. The number of fused-ring (bicyclic) bond motifs is 2. The number of hydrogen-bond acceptors (Lipinski definition) is 3. The van der Waals surface area contributed by atoms with Crippen LogP contribution in [0, 0.1) is 0 Å². The predicted octanol–water partition coefficient (Wildman–Crippen LogP) is 3.34. The van der Waals surface area contributed by atoms with E-state index in [1.165, 1.54) is 22.2 Å². The van der Waals surface area contributed by atoms with E-state index in [0.717, 1.165) is 24.3 Å². The van der Waals surface area contributed by atoms with Crippen LogP contribution < -0.4 is 10.6 Å². The van der Waals surface area contributed by atoms with Crippen LogP contribution in [0.1, 0.15) is 11.1 Å². The minimum atomic E-state index is 0.835. The molecular formula is C17H15N3. The molecular weight excluding hydrogens is 246 g/mol. The number of pyridine rings is 1. The van der Waals surface area contributed by atoms with Gasteiger partial charge in [0, 0.05) is 24.2 Å². The number of benzene rings is 2. The summed E-state index contributed by atoms with van der Waals surface area (Å²) >= 11 is 0. The number of nitrogen functional groups attached to an aromatic ring is 1. The van der Waals surface area contributed by atoms with Crippen LogP contribution in [0.4, 0.5) is 11.4 Å². The Morgan fingerprint density at radius 1 is 0.950 bits per heavy atom. The van der Waals surface area contributed by atoms with Crippen molar-refractivity contribution in [3.8, 4) is 0 Å². The molecule has 3 nitrogen and oxygen atoms in total. The molecule has 1 aliphatic heterocycles. The standard InChI is InChI=1S/C17H15N3/c18-15-6-5-13-10-20(11-14(13)7-15)16-8-12-3-1-2-4-17(12)19-9-16/h1-9H,10-11,18H2. The number of rotatable bonds is 1. The maximum absolute atomic E-state index is 5.86. The van der Waals surface area contributed by atoms with Gasteiger partial charge >= 0.3 is 0 Å². The van der Waals surface area contributed by atoms with Crippen molar-refractivity contribution in [1.82, 2.24) is 4.98 Å². The molecule has 0 saturated carbocycles. The van der Waals surface area contributed by atoms with Crippen molar-refractivity contribution in [2.75, 3.05) is 10.6 Å². The molecule has 2 aromatic carbocycles. The van der Waals surface area contributed by atoms with E-state index in [1.54, 1.807) is 0 Å². The minimum Gasteiger partial charge on any atom is -0.399 e. The van der Waals surface area contributed by atoms with Gasteiger partial charge in [0.25, 0.3) is 0 Å². The second-order valence-corrected chi connectivity index (χ2v) is 5.27. The highest BCUT2D eigenvalue weighted by molar-refractivity contribution is 5.81.